The maximum absolute atomic E-state index is 14.1. The molecular weight excluding hydrogens is 753 g/mol. The van der Waals surface area contributed by atoms with Crippen molar-refractivity contribution in [1.82, 2.24) is 30.4 Å². The van der Waals surface area contributed by atoms with Gasteiger partial charge in [-0.2, -0.15) is 0 Å². The Balaban J connectivity index is 0.936. The Kier molecular flexibility index (Phi) is 12.8. The minimum absolute atomic E-state index is 0.0155. The third-order valence-electron chi connectivity index (χ3n) is 11.0. The van der Waals surface area contributed by atoms with Crippen molar-refractivity contribution >= 4 is 23.8 Å². The van der Waals surface area contributed by atoms with Gasteiger partial charge in [0.05, 0.1) is 23.9 Å². The smallest absolute Gasteiger partial charge is 0.408 e. The molecule has 4 atom stereocenters. The van der Waals surface area contributed by atoms with Gasteiger partial charge in [-0.25, -0.2) is 9.78 Å². The summed E-state index contributed by atoms with van der Waals surface area (Å²) in [4.78, 5) is 65.1. The van der Waals surface area contributed by atoms with Crippen LogP contribution in [0.4, 0.5) is 4.79 Å². The Bertz CT molecular complexity index is 2340. The summed E-state index contributed by atoms with van der Waals surface area (Å²) < 4.78 is 5.50. The van der Waals surface area contributed by atoms with Gasteiger partial charge in [0.1, 0.15) is 23.5 Å². The van der Waals surface area contributed by atoms with Crippen LogP contribution >= 0.6 is 0 Å². The number of amides is 4. The second-order valence-electron chi connectivity index (χ2n) is 16.4. The fourth-order valence-corrected chi connectivity index (χ4v) is 7.82. The van der Waals surface area contributed by atoms with Crippen molar-refractivity contribution in [3.8, 4) is 23.1 Å². The third-order valence-corrected chi connectivity index (χ3v) is 11.0. The fourth-order valence-electron chi connectivity index (χ4n) is 7.82. The minimum Gasteiger partial charge on any atom is -0.444 e. The molecular formula is C49H52N6O5. The first-order chi connectivity index (χ1) is 28.9. The number of rotatable bonds is 10. The standard InChI is InChI=1S/C49H52N6O5/c1-33(37-13-7-5-8-14-37)46(57)55-30-12-18-42(55)45(56)51-31-36-23-21-34(22-24-36)19-20-35-25-27-38(28-26-35)40-32-50-44(52-40)41-17-11-29-54(41)47(58)43(39-15-9-6-10-16-39)53-48(59)60-49(2,3)4/h5-10,13-16,21-28,32-33,41-43H,11-12,17-18,29-31H2,1-4H3,(H,50,52)(H,51,56)(H,53,59)/t33-,41+,42+,43-/m1/s1. The highest BCUT2D eigenvalue weighted by atomic mass is 16.6. The van der Waals surface area contributed by atoms with E-state index in [1.807, 2.05) is 116 Å². The molecule has 11 nitrogen and oxygen atoms in total. The highest BCUT2D eigenvalue weighted by Gasteiger charge is 2.38. The van der Waals surface area contributed by atoms with E-state index in [1.54, 1.807) is 36.8 Å². The van der Waals surface area contributed by atoms with Gasteiger partial charge in [-0.15, -0.1) is 0 Å². The summed E-state index contributed by atoms with van der Waals surface area (Å²) in [6.45, 7) is 8.76. The zero-order valence-electron chi connectivity index (χ0n) is 34.6. The van der Waals surface area contributed by atoms with E-state index in [4.69, 9.17) is 9.72 Å². The van der Waals surface area contributed by atoms with Gasteiger partial charge in [0.15, 0.2) is 0 Å². The lowest BCUT2D eigenvalue weighted by Gasteiger charge is -2.29. The van der Waals surface area contributed by atoms with Crippen molar-refractivity contribution in [2.24, 2.45) is 0 Å². The SMILES string of the molecule is C[C@@H](C(=O)N1CCC[C@H]1C(=O)NCc1ccc(C#Cc2ccc(-c3cnc([C@@H]4CCCN4C(=O)[C@H](NC(=O)OC(C)(C)C)c4ccccc4)[nH]3)cc2)cc1)c1ccccc1. The van der Waals surface area contributed by atoms with Gasteiger partial charge >= 0.3 is 6.09 Å². The summed E-state index contributed by atoms with van der Waals surface area (Å²) in [5.41, 5.74) is 5.33. The summed E-state index contributed by atoms with van der Waals surface area (Å²) in [5, 5.41) is 5.84. The van der Waals surface area contributed by atoms with Crippen molar-refractivity contribution in [2.45, 2.75) is 89.6 Å². The topological polar surface area (TPSA) is 137 Å². The minimum atomic E-state index is -0.905. The molecule has 1 aromatic heterocycles. The lowest BCUT2D eigenvalue weighted by atomic mass is 9.99. The Hall–Kier alpha value is -6.67. The number of nitrogens with zero attached hydrogens (tertiary/aromatic N) is 3. The van der Waals surface area contributed by atoms with Gasteiger partial charge in [0.25, 0.3) is 5.91 Å². The number of H-pyrrole nitrogens is 1. The van der Waals surface area contributed by atoms with E-state index in [-0.39, 0.29) is 29.7 Å². The first-order valence-corrected chi connectivity index (χ1v) is 20.7. The zero-order valence-corrected chi connectivity index (χ0v) is 34.6. The molecule has 2 aliphatic heterocycles. The largest absolute Gasteiger partial charge is 0.444 e. The summed E-state index contributed by atoms with van der Waals surface area (Å²) in [7, 11) is 0. The number of carbonyl (C=O) groups is 4. The number of aromatic nitrogens is 2. The number of hydrogen-bond donors (Lipinski definition) is 3. The van der Waals surface area contributed by atoms with Gasteiger partial charge in [0, 0.05) is 30.8 Å². The molecule has 2 saturated heterocycles. The van der Waals surface area contributed by atoms with Crippen LogP contribution in [0.2, 0.25) is 0 Å². The summed E-state index contributed by atoms with van der Waals surface area (Å²) in [6, 6.07) is 33.0. The average molecular weight is 805 g/mol. The van der Waals surface area contributed by atoms with E-state index in [2.05, 4.69) is 27.5 Å². The van der Waals surface area contributed by atoms with E-state index in [0.717, 1.165) is 52.8 Å². The molecule has 5 aromatic rings. The van der Waals surface area contributed by atoms with Crippen LogP contribution in [-0.4, -0.2) is 68.3 Å². The van der Waals surface area contributed by atoms with Crippen LogP contribution in [0.1, 0.15) is 105 Å². The van der Waals surface area contributed by atoms with Gasteiger partial charge in [-0.1, -0.05) is 96.8 Å². The molecule has 11 heteroatoms. The maximum atomic E-state index is 14.1. The molecule has 0 saturated carbocycles. The van der Waals surface area contributed by atoms with Crippen LogP contribution < -0.4 is 10.6 Å². The number of ether oxygens (including phenoxy) is 1. The highest BCUT2D eigenvalue weighted by Crippen LogP contribution is 2.34. The number of aromatic amines is 1. The van der Waals surface area contributed by atoms with Crippen LogP contribution in [0, 0.1) is 11.8 Å². The number of alkyl carbamates (subject to hydrolysis) is 1. The molecule has 0 unspecified atom stereocenters. The lowest BCUT2D eigenvalue weighted by molar-refractivity contribution is -0.139. The molecule has 0 spiro atoms. The normalized spacial score (nSPS) is 17.3. The van der Waals surface area contributed by atoms with Crippen molar-refractivity contribution in [3.05, 3.63) is 149 Å². The summed E-state index contributed by atoms with van der Waals surface area (Å²) in [5.74, 6) is 6.49. The Morgan fingerprint density at radius 2 is 1.38 bits per heavy atom. The molecule has 2 aliphatic rings. The number of carbonyl (C=O) groups excluding carboxylic acids is 4. The molecule has 2 fully saturated rings. The summed E-state index contributed by atoms with van der Waals surface area (Å²) in [6.07, 6.45) is 4.15. The fraction of sp³-hybridized carbons (Fsp3) is 0.327. The molecule has 0 aliphatic carbocycles. The van der Waals surface area contributed by atoms with Crippen LogP contribution in [0.25, 0.3) is 11.3 Å². The molecule has 308 valence electrons. The Morgan fingerprint density at radius 1 is 0.783 bits per heavy atom. The average Bonchev–Trinajstić information content (AvgIpc) is 4.06. The molecule has 0 bridgehead atoms. The number of hydrogen-bond acceptors (Lipinski definition) is 6. The maximum Gasteiger partial charge on any atom is 0.408 e. The van der Waals surface area contributed by atoms with Gasteiger partial charge in [-0.05, 0) is 99.9 Å². The molecule has 3 heterocycles. The van der Waals surface area contributed by atoms with Crippen LogP contribution in [0.3, 0.4) is 0 Å². The van der Waals surface area contributed by atoms with Gasteiger partial charge in [-0.3, -0.25) is 14.4 Å². The predicted octanol–water partition coefficient (Wildman–Crippen LogP) is 7.82. The zero-order chi connectivity index (χ0) is 42.2. The number of nitrogens with one attached hydrogen (secondary N) is 3. The first-order valence-electron chi connectivity index (χ1n) is 20.7. The second kappa shape index (κ2) is 18.5. The van der Waals surface area contributed by atoms with Crippen molar-refractivity contribution in [2.75, 3.05) is 13.1 Å². The quantitative estimate of drug-likeness (QED) is 0.123. The number of benzene rings is 4. The first kappa shape index (κ1) is 41.5. The van der Waals surface area contributed by atoms with Crippen molar-refractivity contribution in [1.29, 1.82) is 0 Å². The van der Waals surface area contributed by atoms with E-state index >= 15 is 0 Å². The van der Waals surface area contributed by atoms with E-state index < -0.39 is 23.8 Å². The number of likely N-dealkylation sites (tertiary alicyclic amines) is 2. The molecule has 7 rings (SSSR count). The van der Waals surface area contributed by atoms with E-state index in [9.17, 15) is 19.2 Å². The van der Waals surface area contributed by atoms with E-state index in [0.29, 0.717) is 37.4 Å². The second-order valence-corrected chi connectivity index (χ2v) is 16.4. The molecule has 4 aromatic carbocycles. The lowest BCUT2D eigenvalue weighted by Crippen LogP contribution is -2.47. The van der Waals surface area contributed by atoms with Gasteiger partial charge in [0.2, 0.25) is 11.8 Å². The van der Waals surface area contributed by atoms with E-state index in [1.165, 1.54) is 0 Å². The van der Waals surface area contributed by atoms with Crippen LogP contribution in [0.15, 0.2) is 115 Å². The summed E-state index contributed by atoms with van der Waals surface area (Å²) >= 11 is 0. The Labute approximate surface area is 351 Å². The highest BCUT2D eigenvalue weighted by molar-refractivity contribution is 5.91. The predicted molar refractivity (Wildman–Crippen MR) is 230 cm³/mol. The third kappa shape index (κ3) is 10.1. The molecule has 3 N–H and O–H groups in total. The van der Waals surface area contributed by atoms with Crippen LogP contribution in [0.5, 0.6) is 0 Å². The molecule has 60 heavy (non-hydrogen) atoms. The number of imidazole rings is 1. The Morgan fingerprint density at radius 3 is 2.03 bits per heavy atom. The van der Waals surface area contributed by atoms with Crippen molar-refractivity contribution < 1.29 is 23.9 Å². The van der Waals surface area contributed by atoms with Crippen molar-refractivity contribution in [3.63, 3.8) is 0 Å². The monoisotopic (exact) mass is 804 g/mol. The molecule has 4 amide bonds. The molecule has 0 radical (unpaired) electrons. The van der Waals surface area contributed by atoms with Gasteiger partial charge < -0.3 is 30.2 Å². The van der Waals surface area contributed by atoms with Crippen LogP contribution in [-0.2, 0) is 25.7 Å².